The third-order valence-corrected chi connectivity index (χ3v) is 3.22. The standard InChI is InChI=1S/C15H21N3O3/c1-5-6-17-15(4,9-16)10-21-14-8-13(18(19)20)11(2)7-12(14)3/h7-8,17H,5-6,10H2,1-4H3. The summed E-state index contributed by atoms with van der Waals surface area (Å²) in [7, 11) is 0. The molecule has 0 aliphatic rings. The summed E-state index contributed by atoms with van der Waals surface area (Å²) < 4.78 is 5.65. The normalized spacial score (nSPS) is 13.3. The molecule has 0 aromatic heterocycles. The molecule has 114 valence electrons. The first kappa shape index (κ1) is 16.9. The van der Waals surface area contributed by atoms with Gasteiger partial charge in [-0.15, -0.1) is 0 Å². The van der Waals surface area contributed by atoms with Gasteiger partial charge in [0.2, 0.25) is 0 Å². The van der Waals surface area contributed by atoms with Crippen LogP contribution in [0.4, 0.5) is 5.69 Å². The number of nitro groups is 1. The molecule has 1 atom stereocenters. The van der Waals surface area contributed by atoms with Gasteiger partial charge in [0.15, 0.2) is 0 Å². The zero-order valence-electron chi connectivity index (χ0n) is 12.9. The maximum absolute atomic E-state index is 11.0. The van der Waals surface area contributed by atoms with E-state index >= 15 is 0 Å². The van der Waals surface area contributed by atoms with E-state index < -0.39 is 10.5 Å². The molecule has 0 radical (unpaired) electrons. The molecule has 0 heterocycles. The minimum absolute atomic E-state index is 0.0239. The molecule has 0 bridgehead atoms. The Labute approximate surface area is 124 Å². The van der Waals surface area contributed by atoms with Crippen LogP contribution in [0, 0.1) is 35.3 Å². The average Bonchev–Trinajstić information content (AvgIpc) is 2.43. The van der Waals surface area contributed by atoms with Crippen LogP contribution in [0.5, 0.6) is 5.75 Å². The highest BCUT2D eigenvalue weighted by molar-refractivity contribution is 5.49. The number of nitriles is 1. The zero-order valence-corrected chi connectivity index (χ0v) is 12.9. The number of benzene rings is 1. The lowest BCUT2D eigenvalue weighted by molar-refractivity contribution is -0.385. The maximum atomic E-state index is 11.0. The van der Waals surface area contributed by atoms with Gasteiger partial charge >= 0.3 is 0 Å². The molecule has 0 amide bonds. The van der Waals surface area contributed by atoms with Gasteiger partial charge in [0.05, 0.1) is 17.1 Å². The number of aryl methyl sites for hydroxylation is 2. The van der Waals surface area contributed by atoms with Crippen LogP contribution in [0.1, 0.15) is 31.4 Å². The number of hydrogen-bond donors (Lipinski definition) is 1. The molecular weight excluding hydrogens is 270 g/mol. The SMILES string of the molecule is CCCNC(C)(C#N)COc1cc([N+](=O)[O-])c(C)cc1C. The first-order valence-electron chi connectivity index (χ1n) is 6.87. The lowest BCUT2D eigenvalue weighted by atomic mass is 10.1. The zero-order chi connectivity index (χ0) is 16.0. The van der Waals surface area contributed by atoms with Crippen LogP contribution in [-0.4, -0.2) is 23.6 Å². The van der Waals surface area contributed by atoms with Crippen LogP contribution in [0.15, 0.2) is 12.1 Å². The molecule has 0 spiro atoms. The smallest absolute Gasteiger partial charge is 0.276 e. The summed E-state index contributed by atoms with van der Waals surface area (Å²) in [5.74, 6) is 0.437. The van der Waals surface area contributed by atoms with Crippen molar-refractivity contribution in [1.29, 1.82) is 5.26 Å². The Hall–Kier alpha value is -2.13. The highest BCUT2D eigenvalue weighted by Gasteiger charge is 2.25. The van der Waals surface area contributed by atoms with E-state index in [-0.39, 0.29) is 12.3 Å². The fraction of sp³-hybridized carbons (Fsp3) is 0.533. The highest BCUT2D eigenvalue weighted by Crippen LogP contribution is 2.28. The predicted octanol–water partition coefficient (Wildman–Crippen LogP) is 2.87. The fourth-order valence-corrected chi connectivity index (χ4v) is 1.92. The monoisotopic (exact) mass is 291 g/mol. The van der Waals surface area contributed by atoms with Gasteiger partial charge in [0.1, 0.15) is 17.9 Å². The summed E-state index contributed by atoms with van der Waals surface area (Å²) in [6, 6.07) is 5.32. The molecule has 0 fully saturated rings. The lowest BCUT2D eigenvalue weighted by Gasteiger charge is -2.23. The molecule has 1 aromatic carbocycles. The molecule has 6 nitrogen and oxygen atoms in total. The molecule has 1 N–H and O–H groups in total. The van der Waals surface area contributed by atoms with Crippen LogP contribution in [-0.2, 0) is 0 Å². The molecule has 0 aliphatic carbocycles. The van der Waals surface area contributed by atoms with Crippen LogP contribution in [0.2, 0.25) is 0 Å². The Kier molecular flexibility index (Phi) is 5.68. The summed E-state index contributed by atoms with van der Waals surface area (Å²) in [5.41, 5.74) is 0.615. The Balaban J connectivity index is 2.91. The van der Waals surface area contributed by atoms with Gasteiger partial charge in [0, 0.05) is 5.56 Å². The second kappa shape index (κ2) is 7.04. The number of nitrogens with zero attached hydrogens (tertiary/aromatic N) is 2. The largest absolute Gasteiger partial charge is 0.490 e. The van der Waals surface area contributed by atoms with Gasteiger partial charge in [-0.1, -0.05) is 6.92 Å². The van der Waals surface area contributed by atoms with Gasteiger partial charge in [-0.3, -0.25) is 15.4 Å². The Morgan fingerprint density at radius 1 is 1.43 bits per heavy atom. The van der Waals surface area contributed by atoms with Gasteiger partial charge in [0.25, 0.3) is 5.69 Å². The number of hydrogen-bond acceptors (Lipinski definition) is 5. The summed E-state index contributed by atoms with van der Waals surface area (Å²) in [6.07, 6.45) is 0.909. The second-order valence-corrected chi connectivity index (χ2v) is 5.32. The van der Waals surface area contributed by atoms with E-state index in [9.17, 15) is 15.4 Å². The van der Waals surface area contributed by atoms with Crippen molar-refractivity contribution in [3.05, 3.63) is 33.4 Å². The molecule has 1 rings (SSSR count). The first-order chi connectivity index (χ1) is 9.83. The molecule has 1 aromatic rings. The van der Waals surface area contributed by atoms with Crippen molar-refractivity contribution in [1.82, 2.24) is 5.32 Å². The van der Waals surface area contributed by atoms with Crippen LogP contribution in [0.3, 0.4) is 0 Å². The van der Waals surface area contributed by atoms with Gasteiger partial charge in [-0.05, 0) is 45.4 Å². The second-order valence-electron chi connectivity index (χ2n) is 5.32. The summed E-state index contributed by atoms with van der Waals surface area (Å²) in [4.78, 5) is 10.5. The van der Waals surface area contributed by atoms with Crippen LogP contribution >= 0.6 is 0 Å². The summed E-state index contributed by atoms with van der Waals surface area (Å²) >= 11 is 0. The van der Waals surface area contributed by atoms with Crippen molar-refractivity contribution in [2.24, 2.45) is 0 Å². The predicted molar refractivity (Wildman–Crippen MR) is 80.4 cm³/mol. The van der Waals surface area contributed by atoms with Crippen molar-refractivity contribution in [3.63, 3.8) is 0 Å². The number of nitro benzene ring substituents is 1. The minimum Gasteiger partial charge on any atom is -0.490 e. The summed E-state index contributed by atoms with van der Waals surface area (Å²) in [6.45, 7) is 8.12. The molecular formula is C15H21N3O3. The van der Waals surface area contributed by atoms with Crippen LogP contribution < -0.4 is 10.1 Å². The average molecular weight is 291 g/mol. The van der Waals surface area contributed by atoms with E-state index in [1.165, 1.54) is 6.07 Å². The van der Waals surface area contributed by atoms with Gasteiger partial charge < -0.3 is 4.74 Å². The Morgan fingerprint density at radius 3 is 2.62 bits per heavy atom. The van der Waals surface area contributed by atoms with Gasteiger partial charge in [-0.2, -0.15) is 5.26 Å². The maximum Gasteiger partial charge on any atom is 0.276 e. The van der Waals surface area contributed by atoms with Crippen molar-refractivity contribution < 1.29 is 9.66 Å². The minimum atomic E-state index is -0.817. The van der Waals surface area contributed by atoms with E-state index in [0.717, 1.165) is 12.0 Å². The molecule has 21 heavy (non-hydrogen) atoms. The number of ether oxygens (including phenoxy) is 1. The van der Waals surface area contributed by atoms with Crippen molar-refractivity contribution in [3.8, 4) is 11.8 Å². The highest BCUT2D eigenvalue weighted by atomic mass is 16.6. The van der Waals surface area contributed by atoms with E-state index in [1.807, 2.05) is 13.8 Å². The van der Waals surface area contributed by atoms with E-state index in [1.54, 1.807) is 19.9 Å². The molecule has 1 unspecified atom stereocenters. The molecule has 0 saturated heterocycles. The Bertz CT molecular complexity index is 566. The van der Waals surface area contributed by atoms with E-state index in [0.29, 0.717) is 17.9 Å². The fourth-order valence-electron chi connectivity index (χ4n) is 1.92. The third-order valence-electron chi connectivity index (χ3n) is 3.22. The van der Waals surface area contributed by atoms with Crippen molar-refractivity contribution in [2.75, 3.05) is 13.2 Å². The van der Waals surface area contributed by atoms with Crippen LogP contribution in [0.25, 0.3) is 0 Å². The van der Waals surface area contributed by atoms with Crippen molar-refractivity contribution in [2.45, 2.75) is 39.7 Å². The summed E-state index contributed by atoms with van der Waals surface area (Å²) in [5, 5.41) is 23.3. The third kappa shape index (κ3) is 4.43. The Morgan fingerprint density at radius 2 is 2.10 bits per heavy atom. The number of nitrogens with one attached hydrogen (secondary N) is 1. The van der Waals surface area contributed by atoms with Crippen molar-refractivity contribution >= 4 is 5.69 Å². The molecule has 0 aliphatic heterocycles. The topological polar surface area (TPSA) is 88.2 Å². The number of rotatable bonds is 7. The van der Waals surface area contributed by atoms with E-state index in [2.05, 4.69) is 11.4 Å². The van der Waals surface area contributed by atoms with Gasteiger partial charge in [-0.25, -0.2) is 0 Å². The molecule has 0 saturated carbocycles. The quantitative estimate of drug-likeness (QED) is 0.616. The lowest BCUT2D eigenvalue weighted by Crippen LogP contribution is -2.46. The van der Waals surface area contributed by atoms with E-state index in [4.69, 9.17) is 4.74 Å². The first-order valence-corrected chi connectivity index (χ1v) is 6.87. The molecule has 6 heteroatoms.